The highest BCUT2D eigenvalue weighted by molar-refractivity contribution is 7.71. The van der Waals surface area contributed by atoms with E-state index in [-0.39, 0.29) is 5.56 Å². The Bertz CT molecular complexity index is 982. The molecule has 0 amide bonds. The van der Waals surface area contributed by atoms with Crippen LogP contribution in [0.4, 0.5) is 0 Å². The summed E-state index contributed by atoms with van der Waals surface area (Å²) in [6.07, 6.45) is 4.48. The van der Waals surface area contributed by atoms with Gasteiger partial charge < -0.3 is 4.98 Å². The number of hydrogen-bond donors (Lipinski definition) is 1. The number of thiophene rings is 1. The molecule has 0 aliphatic heterocycles. The van der Waals surface area contributed by atoms with Gasteiger partial charge in [0.05, 0.1) is 11.2 Å². The van der Waals surface area contributed by atoms with Gasteiger partial charge in [-0.3, -0.25) is 9.36 Å². The molecule has 6 heteroatoms. The molecule has 0 atom stereocenters. The van der Waals surface area contributed by atoms with Crippen LogP contribution in [0, 0.1) is 4.77 Å². The van der Waals surface area contributed by atoms with Gasteiger partial charge in [0.15, 0.2) is 4.77 Å². The highest BCUT2D eigenvalue weighted by Gasteiger charge is 2.19. The molecule has 0 fully saturated rings. The van der Waals surface area contributed by atoms with Crippen molar-refractivity contribution in [1.29, 1.82) is 0 Å². The third-order valence-corrected chi connectivity index (χ3v) is 5.90. The molecule has 0 saturated heterocycles. The van der Waals surface area contributed by atoms with Gasteiger partial charge in [0.1, 0.15) is 4.70 Å². The summed E-state index contributed by atoms with van der Waals surface area (Å²) in [5.74, 6) is 0. The van der Waals surface area contributed by atoms with Crippen molar-refractivity contribution < 1.29 is 0 Å². The quantitative estimate of drug-likeness (QED) is 0.650. The second kappa shape index (κ2) is 5.33. The fourth-order valence-corrected chi connectivity index (χ4v) is 4.72. The Morgan fingerprint density at radius 1 is 1.18 bits per heavy atom. The first kappa shape index (κ1) is 14.2. The van der Waals surface area contributed by atoms with Gasteiger partial charge in [0.25, 0.3) is 5.56 Å². The van der Waals surface area contributed by atoms with E-state index in [4.69, 9.17) is 23.8 Å². The molecule has 22 heavy (non-hydrogen) atoms. The lowest BCUT2D eigenvalue weighted by Crippen LogP contribution is -2.19. The lowest BCUT2D eigenvalue weighted by atomic mass is 9.98. The molecule has 2 aromatic heterocycles. The van der Waals surface area contributed by atoms with Crippen molar-refractivity contribution in [3.63, 3.8) is 0 Å². The smallest absolute Gasteiger partial charge is 0.276 e. The lowest BCUT2D eigenvalue weighted by Gasteiger charge is -2.10. The fraction of sp³-hybridized carbons (Fsp3) is 0.250. The minimum atomic E-state index is -0.0412. The van der Waals surface area contributed by atoms with Gasteiger partial charge in [-0.25, -0.2) is 0 Å². The number of nitrogens with one attached hydrogen (secondary N) is 1. The first-order chi connectivity index (χ1) is 10.6. The average Bonchev–Trinajstić information content (AvgIpc) is 2.88. The van der Waals surface area contributed by atoms with Gasteiger partial charge in [-0.1, -0.05) is 11.6 Å². The van der Waals surface area contributed by atoms with Gasteiger partial charge in [0, 0.05) is 9.90 Å². The van der Waals surface area contributed by atoms with Crippen molar-refractivity contribution in [2.24, 2.45) is 0 Å². The minimum Gasteiger partial charge on any atom is -0.330 e. The van der Waals surface area contributed by atoms with Crippen molar-refractivity contribution in [2.45, 2.75) is 25.7 Å². The molecular formula is C16H13ClN2OS2. The molecule has 112 valence electrons. The average molecular weight is 349 g/mol. The zero-order chi connectivity index (χ0) is 15.3. The summed E-state index contributed by atoms with van der Waals surface area (Å²) >= 11 is 13.0. The van der Waals surface area contributed by atoms with Gasteiger partial charge in [0.2, 0.25) is 0 Å². The number of aromatic nitrogens is 2. The normalized spacial score (nSPS) is 14.2. The Morgan fingerprint density at radius 3 is 2.68 bits per heavy atom. The summed E-state index contributed by atoms with van der Waals surface area (Å²) < 4.78 is 2.76. The third-order valence-electron chi connectivity index (χ3n) is 4.09. The zero-order valence-corrected chi connectivity index (χ0v) is 14.1. The van der Waals surface area contributed by atoms with Crippen molar-refractivity contribution in [1.82, 2.24) is 9.55 Å². The van der Waals surface area contributed by atoms with Crippen LogP contribution in [0.5, 0.6) is 0 Å². The van der Waals surface area contributed by atoms with Crippen LogP contribution in [0.3, 0.4) is 0 Å². The number of aromatic amines is 1. The van der Waals surface area contributed by atoms with Crippen LogP contribution >= 0.6 is 35.2 Å². The fourth-order valence-electron chi connectivity index (χ4n) is 3.03. The molecule has 1 N–H and O–H groups in total. The maximum absolute atomic E-state index is 12.9. The van der Waals surface area contributed by atoms with Gasteiger partial charge >= 0.3 is 0 Å². The molecule has 0 radical (unpaired) electrons. The van der Waals surface area contributed by atoms with Crippen LogP contribution in [0.1, 0.15) is 23.3 Å². The summed E-state index contributed by atoms with van der Waals surface area (Å²) in [6.45, 7) is 0. The molecule has 2 heterocycles. The molecular weight excluding hydrogens is 336 g/mol. The van der Waals surface area contributed by atoms with Gasteiger partial charge in [-0.2, -0.15) is 0 Å². The molecule has 1 aliphatic rings. The predicted molar refractivity (Wildman–Crippen MR) is 94.3 cm³/mol. The van der Waals surface area contributed by atoms with E-state index in [0.29, 0.717) is 9.79 Å². The molecule has 3 nitrogen and oxygen atoms in total. The van der Waals surface area contributed by atoms with Crippen LogP contribution in [-0.4, -0.2) is 9.55 Å². The Hall–Kier alpha value is -1.43. The van der Waals surface area contributed by atoms with E-state index in [1.54, 1.807) is 28.0 Å². The Balaban J connectivity index is 2.03. The standard InChI is InChI=1S/C16H13ClN2OS2/c17-9-5-7-10(8-6-9)19-15(20)14-13(18-16(19)21)11-3-1-2-4-12(11)22-14/h5-8H,1-4H2,(H,18,21). The summed E-state index contributed by atoms with van der Waals surface area (Å²) in [7, 11) is 0. The molecule has 1 aliphatic carbocycles. The predicted octanol–water partition coefficient (Wildman–Crippen LogP) is 4.64. The first-order valence-electron chi connectivity index (χ1n) is 7.20. The van der Waals surface area contributed by atoms with Crippen molar-refractivity contribution in [3.05, 3.63) is 54.9 Å². The number of halogens is 1. The van der Waals surface area contributed by atoms with E-state index in [1.165, 1.54) is 23.3 Å². The zero-order valence-electron chi connectivity index (χ0n) is 11.7. The Kier molecular flexibility index (Phi) is 3.44. The number of nitrogens with zero attached hydrogens (tertiary/aromatic N) is 1. The number of H-pyrrole nitrogens is 1. The van der Waals surface area contributed by atoms with Crippen LogP contribution < -0.4 is 5.56 Å². The number of fused-ring (bicyclic) bond motifs is 3. The molecule has 0 spiro atoms. The minimum absolute atomic E-state index is 0.0412. The summed E-state index contributed by atoms with van der Waals surface area (Å²) in [6, 6.07) is 7.16. The summed E-state index contributed by atoms with van der Waals surface area (Å²) in [5.41, 5.74) is 2.93. The van der Waals surface area contributed by atoms with E-state index in [1.807, 2.05) is 12.1 Å². The summed E-state index contributed by atoms with van der Waals surface area (Å²) in [5, 5.41) is 0.638. The molecule has 3 aromatic rings. The van der Waals surface area contributed by atoms with E-state index in [0.717, 1.165) is 28.7 Å². The van der Waals surface area contributed by atoms with Crippen LogP contribution in [0.25, 0.3) is 15.9 Å². The lowest BCUT2D eigenvalue weighted by molar-refractivity contribution is 0.699. The van der Waals surface area contributed by atoms with Crippen LogP contribution in [-0.2, 0) is 12.8 Å². The van der Waals surface area contributed by atoms with Gasteiger partial charge in [-0.05, 0) is 67.7 Å². The molecule has 0 bridgehead atoms. The highest BCUT2D eigenvalue weighted by Crippen LogP contribution is 2.33. The third kappa shape index (κ3) is 2.16. The second-order valence-electron chi connectivity index (χ2n) is 5.46. The Morgan fingerprint density at radius 2 is 1.91 bits per heavy atom. The van der Waals surface area contributed by atoms with Crippen molar-refractivity contribution in [2.75, 3.05) is 0 Å². The second-order valence-corrected chi connectivity index (χ2v) is 7.39. The SMILES string of the molecule is O=c1c2sc3c(c2[nH]c(=S)n1-c1ccc(Cl)cc1)CCCC3. The monoisotopic (exact) mass is 348 g/mol. The highest BCUT2D eigenvalue weighted by atomic mass is 35.5. The maximum atomic E-state index is 12.9. The molecule has 0 saturated carbocycles. The van der Waals surface area contributed by atoms with Crippen molar-refractivity contribution in [3.8, 4) is 5.69 Å². The topological polar surface area (TPSA) is 37.8 Å². The van der Waals surface area contributed by atoms with E-state index in [2.05, 4.69) is 4.98 Å². The number of hydrogen-bond acceptors (Lipinski definition) is 3. The van der Waals surface area contributed by atoms with E-state index < -0.39 is 0 Å². The number of benzene rings is 1. The Labute approximate surface area is 141 Å². The van der Waals surface area contributed by atoms with Crippen LogP contribution in [0.2, 0.25) is 5.02 Å². The number of rotatable bonds is 1. The molecule has 0 unspecified atom stereocenters. The molecule has 1 aromatic carbocycles. The summed E-state index contributed by atoms with van der Waals surface area (Å²) in [4.78, 5) is 17.5. The maximum Gasteiger partial charge on any atom is 0.276 e. The largest absolute Gasteiger partial charge is 0.330 e. The van der Waals surface area contributed by atoms with E-state index >= 15 is 0 Å². The van der Waals surface area contributed by atoms with E-state index in [9.17, 15) is 4.79 Å². The van der Waals surface area contributed by atoms with Crippen LogP contribution in [0.15, 0.2) is 29.1 Å². The van der Waals surface area contributed by atoms with Gasteiger partial charge in [-0.15, -0.1) is 11.3 Å². The first-order valence-corrected chi connectivity index (χ1v) is 8.81. The number of aryl methyl sites for hydroxylation is 2. The molecule has 4 rings (SSSR count). The van der Waals surface area contributed by atoms with Crippen molar-refractivity contribution >= 4 is 45.4 Å².